The molecule has 0 radical (unpaired) electrons. The summed E-state index contributed by atoms with van der Waals surface area (Å²) in [6.07, 6.45) is 15.7. The van der Waals surface area contributed by atoms with E-state index in [0.717, 1.165) is 74.9 Å². The molecule has 5 heteroatoms. The predicted octanol–water partition coefficient (Wildman–Crippen LogP) is 6.09. The number of carbonyl (C=O) groups is 1. The fourth-order valence-electron chi connectivity index (χ4n) is 10.1. The van der Waals surface area contributed by atoms with E-state index in [2.05, 4.69) is 47.7 Å². The van der Waals surface area contributed by atoms with Crippen LogP contribution in [0.1, 0.15) is 85.0 Å². The van der Waals surface area contributed by atoms with Crippen molar-refractivity contribution in [3.63, 3.8) is 0 Å². The van der Waals surface area contributed by atoms with E-state index in [1.807, 2.05) is 18.3 Å². The molecule has 4 fully saturated rings. The molecule has 6 rings (SSSR count). The van der Waals surface area contributed by atoms with Gasteiger partial charge in [-0.3, -0.25) is 4.79 Å². The number of carbonyl (C=O) groups excluding carboxylic acids is 1. The zero-order chi connectivity index (χ0) is 26.5. The number of pyridine rings is 1. The van der Waals surface area contributed by atoms with Gasteiger partial charge in [0.25, 0.3) is 0 Å². The third kappa shape index (κ3) is 4.51. The van der Waals surface area contributed by atoms with Gasteiger partial charge in [-0.25, -0.2) is 4.98 Å². The molecule has 2 heterocycles. The minimum absolute atomic E-state index is 0.121. The van der Waals surface area contributed by atoms with Crippen molar-refractivity contribution in [2.45, 2.75) is 91.1 Å². The molecule has 208 valence electrons. The van der Waals surface area contributed by atoms with Gasteiger partial charge in [0.1, 0.15) is 5.82 Å². The minimum Gasteiger partial charge on any atom is -0.393 e. The van der Waals surface area contributed by atoms with Gasteiger partial charge in [0.05, 0.1) is 6.10 Å². The number of aromatic nitrogens is 1. The third-order valence-corrected chi connectivity index (χ3v) is 12.3. The van der Waals surface area contributed by atoms with Crippen molar-refractivity contribution in [2.24, 2.45) is 40.4 Å². The van der Waals surface area contributed by atoms with Crippen LogP contribution in [0.15, 0.2) is 36.0 Å². The van der Waals surface area contributed by atoms with Crippen LogP contribution in [0.2, 0.25) is 0 Å². The van der Waals surface area contributed by atoms with Crippen LogP contribution < -0.4 is 4.90 Å². The second kappa shape index (κ2) is 10.3. The maximum absolute atomic E-state index is 13.2. The fourth-order valence-corrected chi connectivity index (χ4v) is 10.1. The summed E-state index contributed by atoms with van der Waals surface area (Å²) < 4.78 is 0. The smallest absolute Gasteiger partial charge is 0.222 e. The second-order valence-corrected chi connectivity index (χ2v) is 14.0. The van der Waals surface area contributed by atoms with Crippen LogP contribution in [0.5, 0.6) is 0 Å². The number of aliphatic hydroxyl groups is 1. The molecule has 5 aliphatic rings. The quantitative estimate of drug-likeness (QED) is 0.479. The van der Waals surface area contributed by atoms with Gasteiger partial charge in [-0.1, -0.05) is 38.5 Å². The number of piperazine rings is 1. The SMILES string of the molecule is C[C@H](CCC(=O)N1CCN(c2ccccn2)CC1)[C@H]1CC[C@H]2[C@@H]3CC=C4C[C@@H](O)CC[C@]4(C)[C@H]3CC[C@]12C. The van der Waals surface area contributed by atoms with Crippen LogP contribution in [0.25, 0.3) is 0 Å². The molecule has 1 saturated heterocycles. The first-order chi connectivity index (χ1) is 18.3. The van der Waals surface area contributed by atoms with Gasteiger partial charge in [-0.05, 0) is 110 Å². The molecule has 38 heavy (non-hydrogen) atoms. The molecule has 0 bridgehead atoms. The van der Waals surface area contributed by atoms with E-state index in [4.69, 9.17) is 0 Å². The Morgan fingerprint density at radius 2 is 1.89 bits per heavy atom. The number of aliphatic hydroxyl groups excluding tert-OH is 1. The predicted molar refractivity (Wildman–Crippen MR) is 153 cm³/mol. The number of anilines is 1. The lowest BCUT2D eigenvalue weighted by Crippen LogP contribution is -2.51. The molecular weight excluding hydrogens is 470 g/mol. The number of nitrogens with zero attached hydrogens (tertiary/aromatic N) is 3. The summed E-state index contributed by atoms with van der Waals surface area (Å²) in [6.45, 7) is 10.9. The maximum Gasteiger partial charge on any atom is 0.222 e. The summed E-state index contributed by atoms with van der Waals surface area (Å²) in [5, 5.41) is 10.3. The van der Waals surface area contributed by atoms with Crippen molar-refractivity contribution in [1.29, 1.82) is 0 Å². The lowest BCUT2D eigenvalue weighted by molar-refractivity contribution is -0.132. The van der Waals surface area contributed by atoms with Crippen LogP contribution in [0.4, 0.5) is 5.82 Å². The molecule has 0 spiro atoms. The van der Waals surface area contributed by atoms with Crippen LogP contribution in [0.3, 0.4) is 0 Å². The number of hydrogen-bond donors (Lipinski definition) is 1. The van der Waals surface area contributed by atoms with Crippen molar-refractivity contribution in [3.05, 3.63) is 36.0 Å². The largest absolute Gasteiger partial charge is 0.393 e. The van der Waals surface area contributed by atoms with E-state index < -0.39 is 0 Å². The molecule has 1 N–H and O–H groups in total. The number of amides is 1. The Morgan fingerprint density at radius 1 is 1.08 bits per heavy atom. The highest BCUT2D eigenvalue weighted by atomic mass is 16.3. The number of allylic oxidation sites excluding steroid dienone is 1. The first-order valence-electron chi connectivity index (χ1n) is 15.6. The van der Waals surface area contributed by atoms with Crippen molar-refractivity contribution in [1.82, 2.24) is 9.88 Å². The minimum atomic E-state index is -0.121. The van der Waals surface area contributed by atoms with Crippen LogP contribution in [-0.4, -0.2) is 53.2 Å². The molecule has 1 amide bonds. The maximum atomic E-state index is 13.2. The summed E-state index contributed by atoms with van der Waals surface area (Å²) in [5.41, 5.74) is 2.32. The van der Waals surface area contributed by atoms with Gasteiger partial charge in [-0.2, -0.15) is 0 Å². The van der Waals surface area contributed by atoms with E-state index >= 15 is 0 Å². The second-order valence-electron chi connectivity index (χ2n) is 14.0. The highest BCUT2D eigenvalue weighted by Crippen LogP contribution is 2.67. The van der Waals surface area contributed by atoms with E-state index in [0.29, 0.717) is 29.1 Å². The molecular formula is C33H49N3O2. The van der Waals surface area contributed by atoms with E-state index in [1.165, 1.54) is 38.5 Å². The van der Waals surface area contributed by atoms with Crippen molar-refractivity contribution >= 4 is 11.7 Å². The van der Waals surface area contributed by atoms with Gasteiger partial charge in [0, 0.05) is 38.8 Å². The first-order valence-corrected chi connectivity index (χ1v) is 15.6. The Morgan fingerprint density at radius 3 is 2.66 bits per heavy atom. The topological polar surface area (TPSA) is 56.7 Å². The Bertz CT molecular complexity index is 1030. The van der Waals surface area contributed by atoms with Gasteiger partial charge in [0.2, 0.25) is 5.91 Å². The molecule has 0 unspecified atom stereocenters. The molecule has 5 nitrogen and oxygen atoms in total. The summed E-state index contributed by atoms with van der Waals surface area (Å²) in [7, 11) is 0. The molecule has 8 atom stereocenters. The summed E-state index contributed by atoms with van der Waals surface area (Å²) >= 11 is 0. The number of fused-ring (bicyclic) bond motifs is 5. The molecule has 1 aromatic heterocycles. The zero-order valence-corrected chi connectivity index (χ0v) is 23.9. The third-order valence-electron chi connectivity index (χ3n) is 12.3. The van der Waals surface area contributed by atoms with E-state index in [-0.39, 0.29) is 6.10 Å². The summed E-state index contributed by atoms with van der Waals surface area (Å²) in [4.78, 5) is 22.0. The molecule has 1 aromatic rings. The summed E-state index contributed by atoms with van der Waals surface area (Å²) in [6, 6.07) is 6.05. The van der Waals surface area contributed by atoms with Gasteiger partial charge in [0.15, 0.2) is 0 Å². The lowest BCUT2D eigenvalue weighted by Gasteiger charge is -2.58. The Kier molecular flexibility index (Phi) is 7.12. The fraction of sp³-hybridized carbons (Fsp3) is 0.758. The number of hydrogen-bond acceptors (Lipinski definition) is 4. The molecule has 4 aliphatic carbocycles. The highest BCUT2D eigenvalue weighted by molar-refractivity contribution is 5.76. The normalized spacial score (nSPS) is 39.6. The van der Waals surface area contributed by atoms with Gasteiger partial charge >= 0.3 is 0 Å². The molecule has 1 aliphatic heterocycles. The lowest BCUT2D eigenvalue weighted by atomic mass is 9.47. The van der Waals surface area contributed by atoms with Gasteiger partial charge in [-0.15, -0.1) is 0 Å². The highest BCUT2D eigenvalue weighted by Gasteiger charge is 2.59. The Hall–Kier alpha value is -1.88. The Balaban J connectivity index is 1.04. The van der Waals surface area contributed by atoms with Gasteiger partial charge < -0.3 is 14.9 Å². The van der Waals surface area contributed by atoms with Crippen molar-refractivity contribution in [3.8, 4) is 0 Å². The summed E-state index contributed by atoms with van der Waals surface area (Å²) in [5.74, 6) is 5.15. The standard InChI is InChI=1S/C33H49N3O2/c1-23(7-12-31(38)36-20-18-35(19-21-36)30-6-4-5-17-34-30)27-10-11-28-26-9-8-24-22-25(37)13-15-32(24,2)29(26)14-16-33(27,28)3/h4-6,8,17,23,25-29,37H,7,9-16,18-22H2,1-3H3/t23-,25+,26+,27-,28+,29+,32+,33-/m1/s1. The molecule has 0 aromatic carbocycles. The van der Waals surface area contributed by atoms with Crippen molar-refractivity contribution < 1.29 is 9.90 Å². The van der Waals surface area contributed by atoms with Crippen LogP contribution in [0, 0.1) is 40.4 Å². The van der Waals surface area contributed by atoms with E-state index in [9.17, 15) is 9.90 Å². The van der Waals surface area contributed by atoms with Crippen LogP contribution in [-0.2, 0) is 4.79 Å². The van der Waals surface area contributed by atoms with E-state index in [1.54, 1.807) is 5.57 Å². The molecule has 3 saturated carbocycles. The average Bonchev–Trinajstić information content (AvgIpc) is 3.30. The first kappa shape index (κ1) is 26.3. The average molecular weight is 520 g/mol. The zero-order valence-electron chi connectivity index (χ0n) is 23.9. The Labute approximate surface area is 230 Å². The number of rotatable bonds is 5. The van der Waals surface area contributed by atoms with Crippen LogP contribution >= 0.6 is 0 Å². The monoisotopic (exact) mass is 519 g/mol. The van der Waals surface area contributed by atoms with Crippen molar-refractivity contribution in [2.75, 3.05) is 31.1 Å².